The van der Waals surface area contributed by atoms with Crippen LogP contribution in [0.5, 0.6) is 0 Å². The number of methoxy groups -OCH3 is 1. The number of carbonyl (C=O) groups is 8. The van der Waals surface area contributed by atoms with Gasteiger partial charge in [-0.05, 0) is 123 Å². The van der Waals surface area contributed by atoms with Crippen molar-refractivity contribution in [2.24, 2.45) is 23.7 Å². The first-order valence-electron chi connectivity index (χ1n) is 27.2. The first-order chi connectivity index (χ1) is 37.0. The number of allylic oxidation sites excluding steroid dienone is 2. The van der Waals surface area contributed by atoms with E-state index in [4.69, 9.17) is 18.9 Å². The van der Waals surface area contributed by atoms with Gasteiger partial charge >= 0.3 is 17.9 Å². The number of amides is 5. The highest BCUT2D eigenvalue weighted by molar-refractivity contribution is 8.00. The molecule has 5 amide bonds. The minimum atomic E-state index is -1.71. The second kappa shape index (κ2) is 27.6. The topological polar surface area (TPSA) is 234 Å². The molecule has 79 heavy (non-hydrogen) atoms. The van der Waals surface area contributed by atoms with Crippen LogP contribution in [0, 0.1) is 23.7 Å². The number of thioether (sulfide) groups is 1. The Bertz CT molecular complexity index is 2510. The molecule has 1 saturated carbocycles. The second-order valence-electron chi connectivity index (χ2n) is 23.8. The van der Waals surface area contributed by atoms with Crippen LogP contribution in [0.25, 0.3) is 0 Å². The summed E-state index contributed by atoms with van der Waals surface area (Å²) in [6.07, 6.45) is 3.35. The van der Waals surface area contributed by atoms with Crippen LogP contribution in [-0.2, 0) is 62.1 Å². The fourth-order valence-electron chi connectivity index (χ4n) is 9.90. The number of fused-ring (bicyclic) bond motifs is 2. The molecule has 5 rings (SSSR count). The molecule has 0 heterocycles. The number of ether oxygens (including phenoxy) is 4. The van der Waals surface area contributed by atoms with Crippen LogP contribution in [0.3, 0.4) is 0 Å². The smallest absolute Gasteiger partial charge is 0.331 e. The van der Waals surface area contributed by atoms with E-state index in [9.17, 15) is 33.6 Å². The van der Waals surface area contributed by atoms with Crippen molar-refractivity contribution in [3.8, 4) is 0 Å². The first kappa shape index (κ1) is 63.3. The quantitative estimate of drug-likeness (QED) is 0.0244. The van der Waals surface area contributed by atoms with E-state index in [-0.39, 0.29) is 42.3 Å². The highest BCUT2D eigenvalue weighted by Gasteiger charge is 2.44. The molecule has 5 N–H and O–H groups in total. The summed E-state index contributed by atoms with van der Waals surface area (Å²) in [6.45, 7) is 20.2. The van der Waals surface area contributed by atoms with Crippen LogP contribution in [-0.4, -0.2) is 113 Å². The summed E-state index contributed by atoms with van der Waals surface area (Å²) in [5, 5.41) is 13.9. The Morgan fingerprint density at radius 1 is 0.557 bits per heavy atom. The van der Waals surface area contributed by atoms with Crippen molar-refractivity contribution < 1.29 is 57.3 Å². The molecule has 18 heteroatoms. The summed E-state index contributed by atoms with van der Waals surface area (Å²) in [6, 6.07) is 22.6. The van der Waals surface area contributed by atoms with Crippen molar-refractivity contribution >= 4 is 59.2 Å². The van der Waals surface area contributed by atoms with Crippen LogP contribution in [0.2, 0.25) is 0 Å². The maximum Gasteiger partial charge on any atom is 0.331 e. The lowest BCUT2D eigenvalue weighted by Gasteiger charge is -2.37. The van der Waals surface area contributed by atoms with E-state index < -0.39 is 112 Å². The molecular weight excluding hydrogens is 1030 g/mol. The standard InChI is InChI=1S/C61H83N5O12S/c1-37(2)50(56(73)63-46(35-49(68)78-60(10,11)12)54(71)62-45(31-32-48(67)77-59(7,8)9)53(70)66-51(57(74)75-13)38(3)76-58(4,5)6)65-55(72)47(64-52(69)44-34-39-29-30-40(44)33-39)36-79-61(41-23-17-14-18-24-41,42-25-19-15-20-26-42)43-27-21-16-22-28-43/h14-30,37-40,44-47,50-51H,31-36H2,1-13H3,(H,62,71)(H,63,73)(H,64,69)(H,65,72)(H,66,70)/t38-,39-,40+,44?,45+,46+,47-,50+,51+/m1/s1. The third-order valence-corrected chi connectivity index (χ3v) is 15.0. The molecule has 0 spiro atoms. The highest BCUT2D eigenvalue weighted by Crippen LogP contribution is 2.49. The lowest BCUT2D eigenvalue weighted by molar-refractivity contribution is -0.157. The van der Waals surface area contributed by atoms with E-state index in [1.807, 2.05) is 91.0 Å². The maximum atomic E-state index is 15.1. The Labute approximate surface area is 470 Å². The van der Waals surface area contributed by atoms with Gasteiger partial charge < -0.3 is 45.5 Å². The Morgan fingerprint density at radius 2 is 1.04 bits per heavy atom. The molecule has 3 aromatic rings. The highest BCUT2D eigenvalue weighted by atomic mass is 32.2. The number of rotatable bonds is 25. The Hall–Kier alpha value is -6.53. The van der Waals surface area contributed by atoms with Gasteiger partial charge in [-0.3, -0.25) is 33.6 Å². The van der Waals surface area contributed by atoms with E-state index in [0.29, 0.717) is 6.42 Å². The lowest BCUT2D eigenvalue weighted by Crippen LogP contribution is -2.61. The predicted molar refractivity (Wildman–Crippen MR) is 303 cm³/mol. The third-order valence-electron chi connectivity index (χ3n) is 13.4. The number of carbonyl (C=O) groups excluding carboxylic acids is 8. The molecule has 0 radical (unpaired) electrons. The molecular formula is C61H83N5O12S. The molecule has 3 aromatic carbocycles. The number of hydrogen-bond acceptors (Lipinski definition) is 13. The average Bonchev–Trinajstić information content (AvgIpc) is 4.11. The number of benzene rings is 3. The Balaban J connectivity index is 1.48. The van der Waals surface area contributed by atoms with E-state index in [2.05, 4.69) is 38.7 Å². The SMILES string of the molecule is COC(=O)[C@@H](NC(=O)[C@H](CCC(=O)OC(C)(C)C)NC(=O)[C@H](CC(=O)OC(C)(C)C)NC(=O)[C@@H](NC(=O)[C@@H](CSC(c1ccccc1)(c1ccccc1)c1ccccc1)NC(=O)C1C[C@@H]2C=C[C@H]1C2)C(C)C)[C@@H](C)OC(C)(C)C. The first-order valence-corrected chi connectivity index (χ1v) is 28.2. The van der Waals surface area contributed by atoms with E-state index >= 15 is 4.79 Å². The molecule has 2 bridgehead atoms. The van der Waals surface area contributed by atoms with Gasteiger partial charge in [0.2, 0.25) is 29.5 Å². The predicted octanol–water partition coefficient (Wildman–Crippen LogP) is 7.23. The summed E-state index contributed by atoms with van der Waals surface area (Å²) < 4.78 is 21.2. The van der Waals surface area contributed by atoms with Crippen LogP contribution < -0.4 is 26.6 Å². The zero-order valence-electron chi connectivity index (χ0n) is 48.1. The van der Waals surface area contributed by atoms with Gasteiger partial charge in [-0.15, -0.1) is 11.8 Å². The Morgan fingerprint density at radius 3 is 1.49 bits per heavy atom. The van der Waals surface area contributed by atoms with Crippen molar-refractivity contribution in [2.45, 2.75) is 173 Å². The molecule has 17 nitrogen and oxygen atoms in total. The van der Waals surface area contributed by atoms with Crippen molar-refractivity contribution in [1.82, 2.24) is 26.6 Å². The van der Waals surface area contributed by atoms with Gasteiger partial charge in [-0.25, -0.2) is 4.79 Å². The minimum Gasteiger partial charge on any atom is -0.467 e. The average molecular weight is 1110 g/mol. The van der Waals surface area contributed by atoms with Crippen molar-refractivity contribution in [2.75, 3.05) is 12.9 Å². The molecule has 9 atom stereocenters. The molecule has 2 aliphatic rings. The van der Waals surface area contributed by atoms with Gasteiger partial charge in [-0.1, -0.05) is 117 Å². The monoisotopic (exact) mass is 1110 g/mol. The zero-order valence-corrected chi connectivity index (χ0v) is 49.0. The van der Waals surface area contributed by atoms with E-state index in [1.165, 1.54) is 11.8 Å². The van der Waals surface area contributed by atoms with Crippen molar-refractivity contribution in [3.05, 3.63) is 120 Å². The van der Waals surface area contributed by atoms with E-state index in [1.54, 1.807) is 83.1 Å². The summed E-state index contributed by atoms with van der Waals surface area (Å²) in [5.74, 6) is -6.75. The molecule has 0 saturated heterocycles. The number of nitrogens with one attached hydrogen (secondary N) is 5. The lowest BCUT2D eigenvalue weighted by atomic mass is 9.84. The van der Waals surface area contributed by atoms with Crippen LogP contribution in [0.15, 0.2) is 103 Å². The van der Waals surface area contributed by atoms with Gasteiger partial charge in [0, 0.05) is 18.1 Å². The molecule has 430 valence electrons. The molecule has 0 aromatic heterocycles. The fourth-order valence-corrected chi connectivity index (χ4v) is 11.5. The number of esters is 3. The summed E-state index contributed by atoms with van der Waals surface area (Å²) >= 11 is 1.47. The van der Waals surface area contributed by atoms with Crippen LogP contribution in [0.4, 0.5) is 0 Å². The minimum absolute atomic E-state index is 0.0314. The van der Waals surface area contributed by atoms with Gasteiger partial charge in [0.05, 0.1) is 30.0 Å². The van der Waals surface area contributed by atoms with Crippen molar-refractivity contribution in [3.63, 3.8) is 0 Å². The summed E-state index contributed by atoms with van der Waals surface area (Å²) in [7, 11) is 1.14. The summed E-state index contributed by atoms with van der Waals surface area (Å²) in [5.41, 5.74) is 0.172. The largest absolute Gasteiger partial charge is 0.467 e. The third kappa shape index (κ3) is 18.5. The van der Waals surface area contributed by atoms with Gasteiger partial charge in [0.15, 0.2) is 6.04 Å². The maximum absolute atomic E-state index is 15.1. The van der Waals surface area contributed by atoms with Gasteiger partial charge in [0.25, 0.3) is 0 Å². The zero-order chi connectivity index (χ0) is 58.5. The van der Waals surface area contributed by atoms with Gasteiger partial charge in [0.1, 0.15) is 35.4 Å². The molecule has 1 fully saturated rings. The van der Waals surface area contributed by atoms with Crippen molar-refractivity contribution in [1.29, 1.82) is 0 Å². The number of hydrogen-bond donors (Lipinski definition) is 5. The van der Waals surface area contributed by atoms with Crippen LogP contribution >= 0.6 is 11.8 Å². The van der Waals surface area contributed by atoms with Crippen LogP contribution in [0.1, 0.15) is 132 Å². The van der Waals surface area contributed by atoms with Gasteiger partial charge in [-0.2, -0.15) is 0 Å². The fraction of sp³-hybridized carbons (Fsp3) is 0.541. The Kier molecular flexibility index (Phi) is 22.1. The summed E-state index contributed by atoms with van der Waals surface area (Å²) in [4.78, 5) is 113. The normalized spacial score (nSPS) is 18.4. The molecule has 2 aliphatic carbocycles. The molecule has 1 unspecified atom stereocenters. The second-order valence-corrected chi connectivity index (χ2v) is 25.0. The van der Waals surface area contributed by atoms with E-state index in [0.717, 1.165) is 30.2 Å². The molecule has 0 aliphatic heterocycles.